The molecule has 0 aliphatic carbocycles. The number of nitrogens with zero attached hydrogens (tertiary/aromatic N) is 2. The molecular formula is C68H103FN18O14. The van der Waals surface area contributed by atoms with Crippen molar-refractivity contribution in [1.29, 1.82) is 0 Å². The summed E-state index contributed by atoms with van der Waals surface area (Å²) in [6, 6.07) is -1.73. The first-order chi connectivity index (χ1) is 48.0. The first-order valence-electron chi connectivity index (χ1n) is 34.2. The third kappa shape index (κ3) is 24.0. The highest BCUT2D eigenvalue weighted by Gasteiger charge is 2.39. The summed E-state index contributed by atoms with van der Waals surface area (Å²) in [6.45, 7) is 14.5. The van der Waals surface area contributed by atoms with Gasteiger partial charge in [0.15, 0.2) is 0 Å². The van der Waals surface area contributed by atoms with Crippen LogP contribution in [-0.2, 0) is 59.2 Å². The molecule has 0 spiro atoms. The molecule has 2 aromatic carbocycles. The number of aliphatic hydroxyl groups excluding tert-OH is 2. The normalized spacial score (nSPS) is 21.6. The largest absolute Gasteiger partial charge is 0.391 e. The van der Waals surface area contributed by atoms with E-state index in [0.29, 0.717) is 41.2 Å². The summed E-state index contributed by atoms with van der Waals surface area (Å²) in [7, 11) is 0. The van der Waals surface area contributed by atoms with Gasteiger partial charge in [0.1, 0.15) is 60.2 Å². The smallest absolute Gasteiger partial charge is 0.259 e. The number of aromatic amines is 1. The van der Waals surface area contributed by atoms with Crippen molar-refractivity contribution in [3.63, 3.8) is 0 Å². The number of H-pyrrole nitrogens is 1. The van der Waals surface area contributed by atoms with Gasteiger partial charge in [-0.1, -0.05) is 58.0 Å². The van der Waals surface area contributed by atoms with Crippen molar-refractivity contribution in [2.75, 3.05) is 70.3 Å². The van der Waals surface area contributed by atoms with E-state index in [4.69, 9.17) is 22.9 Å². The first kappa shape index (κ1) is 82.4. The van der Waals surface area contributed by atoms with E-state index in [-0.39, 0.29) is 99.9 Å². The number of benzene rings is 2. The van der Waals surface area contributed by atoms with Crippen LogP contribution in [-0.4, -0.2) is 223 Å². The molecule has 11 atom stereocenters. The Balaban J connectivity index is 1.41. The van der Waals surface area contributed by atoms with E-state index in [1.165, 1.54) is 37.0 Å². The predicted octanol–water partition coefficient (Wildman–Crippen LogP) is -3.55. The van der Waals surface area contributed by atoms with Crippen molar-refractivity contribution >= 4 is 88.2 Å². The highest BCUT2D eigenvalue weighted by molar-refractivity contribution is 6.36. The lowest BCUT2D eigenvalue weighted by Gasteiger charge is -2.28. The summed E-state index contributed by atoms with van der Waals surface area (Å²) in [5, 5.41) is 50.2. The minimum absolute atomic E-state index is 0.0271. The zero-order valence-corrected chi connectivity index (χ0v) is 58.7. The summed E-state index contributed by atoms with van der Waals surface area (Å²) in [4.78, 5) is 176. The maximum absolute atomic E-state index is 14.9. The number of nitrogens with two attached hydrogens (primary N) is 4. The maximum atomic E-state index is 14.9. The van der Waals surface area contributed by atoms with Crippen LogP contribution in [0.25, 0.3) is 11.6 Å². The number of aromatic nitrogens is 1. The van der Waals surface area contributed by atoms with Gasteiger partial charge < -0.3 is 106 Å². The first-order valence-corrected chi connectivity index (χ1v) is 34.2. The topological polar surface area (TPSA) is 504 Å². The zero-order valence-electron chi connectivity index (χ0n) is 58.7. The average Bonchev–Trinajstić information content (AvgIpc) is 1.61. The molecule has 0 radical (unpaired) electrons. The second-order valence-corrected chi connectivity index (χ2v) is 25.5. The van der Waals surface area contributed by atoms with Crippen molar-refractivity contribution in [2.24, 2.45) is 28.9 Å². The summed E-state index contributed by atoms with van der Waals surface area (Å²) in [5.41, 5.74) is 26.7. The summed E-state index contributed by atoms with van der Waals surface area (Å²) >= 11 is 0. The third-order valence-corrected chi connectivity index (χ3v) is 17.3. The van der Waals surface area contributed by atoms with Crippen LogP contribution in [0.15, 0.2) is 48.5 Å². The number of fused-ring (bicyclic) bond motifs is 1. The van der Waals surface area contributed by atoms with Crippen LogP contribution >= 0.6 is 0 Å². The summed E-state index contributed by atoms with van der Waals surface area (Å²) in [5.74, 6) is -11.4. The zero-order chi connectivity index (χ0) is 74.8. The van der Waals surface area contributed by atoms with Crippen molar-refractivity contribution < 1.29 is 72.1 Å². The number of rotatable bonds is 29. The van der Waals surface area contributed by atoms with Crippen LogP contribution in [0.3, 0.4) is 0 Å². The molecule has 33 heteroatoms. The standard InChI is InChI=1S/C68H103FN18O14/c1-9-86(10-2)31-29-75-65(98)55-37(5)50(76-38(55)6)35-44-43-34-42(69)16-17-53(43)87(68(44)101)30-23-54(90)84-57(40(8)89)67(100)81-47(20-26-72)59(92)80-49-22-28-74-66(99)56(39(7)88)85-62(95)48(21-27-73)78-58(91)45(18-24-70)79-63(96)51(32-36(3)4)82-64(97)52(33-41-14-12-11-13-15-41)83-60(93)46(19-25-71)77-61(49)94/h11-17,34-36,39-40,45-49,51-52,56-57,76,88-89H,9-10,18-33,70-73H2,1-8H3,(H,74,99)(H,75,98)(H,77,94)(H,78,91)(H,79,96)(H,80,92)(H,81,100)(H,82,97)(H,83,93)(H,84,90)(H,85,95)/b44-35-/t39-,40+,45+,46+,47+,48+,49+,51+,52-,56+,57+/m1/s1. The van der Waals surface area contributed by atoms with Gasteiger partial charge >= 0.3 is 0 Å². The second kappa shape index (κ2) is 40.3. The molecule has 0 saturated carbocycles. The lowest BCUT2D eigenvalue weighted by Crippen LogP contribution is -2.61. The van der Waals surface area contributed by atoms with Crippen LogP contribution in [0.4, 0.5) is 10.1 Å². The van der Waals surface area contributed by atoms with Crippen molar-refractivity contribution in [3.8, 4) is 0 Å². The number of amides is 12. The molecule has 3 heterocycles. The van der Waals surface area contributed by atoms with E-state index in [1.807, 2.05) is 13.8 Å². The van der Waals surface area contributed by atoms with Crippen LogP contribution in [0.5, 0.6) is 0 Å². The number of anilines is 1. The van der Waals surface area contributed by atoms with Crippen molar-refractivity contribution in [2.45, 2.75) is 173 Å². The van der Waals surface area contributed by atoms with E-state index in [0.717, 1.165) is 19.2 Å². The minimum Gasteiger partial charge on any atom is -0.391 e. The highest BCUT2D eigenvalue weighted by Crippen LogP contribution is 2.39. The Morgan fingerprint density at radius 1 is 0.703 bits per heavy atom. The molecule has 3 aromatic rings. The Bertz CT molecular complexity index is 3420. The van der Waals surface area contributed by atoms with Crippen molar-refractivity contribution in [1.82, 2.24) is 68.4 Å². The number of likely N-dealkylation sites (N-methyl/N-ethyl adjacent to an activating group) is 1. The average molecular weight is 1420 g/mol. The molecule has 32 nitrogen and oxygen atoms in total. The Morgan fingerprint density at radius 2 is 1.27 bits per heavy atom. The van der Waals surface area contributed by atoms with Gasteiger partial charge in [-0.2, -0.15) is 0 Å². The van der Waals surface area contributed by atoms with E-state index in [1.54, 1.807) is 58.0 Å². The molecule has 101 heavy (non-hydrogen) atoms. The molecule has 5 rings (SSSR count). The number of aliphatic hydroxyl groups is 2. The monoisotopic (exact) mass is 1410 g/mol. The molecule has 1 aromatic heterocycles. The Hall–Kier alpha value is -9.25. The highest BCUT2D eigenvalue weighted by atomic mass is 19.1. The molecule has 1 saturated heterocycles. The number of aryl methyl sites for hydroxylation is 1. The number of hydrogen-bond acceptors (Lipinski definition) is 19. The van der Waals surface area contributed by atoms with Crippen LogP contribution in [0.1, 0.15) is 125 Å². The van der Waals surface area contributed by atoms with Crippen LogP contribution < -0.4 is 86.3 Å². The number of carbonyl (C=O) groups excluding carboxylic acids is 12. The van der Waals surface area contributed by atoms with Crippen LogP contribution in [0, 0.1) is 25.6 Å². The number of hydrogen-bond donors (Lipinski definition) is 18. The van der Waals surface area contributed by atoms with Gasteiger partial charge in [-0.25, -0.2) is 4.39 Å². The molecule has 0 unspecified atom stereocenters. The Kier molecular flexibility index (Phi) is 32.9. The Morgan fingerprint density at radius 3 is 1.83 bits per heavy atom. The number of halogens is 1. The molecule has 2 aliphatic rings. The lowest BCUT2D eigenvalue weighted by atomic mass is 10.00. The molecule has 0 bridgehead atoms. The molecule has 12 amide bonds. The maximum Gasteiger partial charge on any atom is 0.259 e. The third-order valence-electron chi connectivity index (χ3n) is 17.3. The number of carbonyl (C=O) groups is 12. The molecule has 22 N–H and O–H groups in total. The van der Waals surface area contributed by atoms with E-state index in [9.17, 15) is 72.1 Å². The van der Waals surface area contributed by atoms with Gasteiger partial charge in [0.2, 0.25) is 59.1 Å². The van der Waals surface area contributed by atoms with Gasteiger partial charge in [-0.15, -0.1) is 0 Å². The minimum atomic E-state index is -1.76. The van der Waals surface area contributed by atoms with Crippen molar-refractivity contribution in [3.05, 3.63) is 88.0 Å². The fraction of sp³-hybridized carbons (Fsp3) is 0.559. The van der Waals surface area contributed by atoms with Gasteiger partial charge in [0.25, 0.3) is 11.8 Å². The second-order valence-electron chi connectivity index (χ2n) is 25.5. The van der Waals surface area contributed by atoms with E-state index < -0.39 is 157 Å². The number of nitrogens with one attached hydrogen (secondary N) is 12. The summed E-state index contributed by atoms with van der Waals surface area (Å²) in [6.07, 6.45) is -3.72. The fourth-order valence-electron chi connectivity index (χ4n) is 11.7. The fourth-order valence-corrected chi connectivity index (χ4v) is 11.7. The van der Waals surface area contributed by atoms with Crippen LogP contribution in [0.2, 0.25) is 0 Å². The molecule has 556 valence electrons. The molecule has 1 fully saturated rings. The van der Waals surface area contributed by atoms with Gasteiger partial charge in [0, 0.05) is 56.0 Å². The van der Waals surface area contributed by atoms with E-state index in [2.05, 4.69) is 68.4 Å². The lowest BCUT2D eigenvalue weighted by molar-refractivity contribution is -0.136. The van der Waals surface area contributed by atoms with E-state index >= 15 is 0 Å². The quantitative estimate of drug-likeness (QED) is 0.0299. The Labute approximate surface area is 587 Å². The van der Waals surface area contributed by atoms with Gasteiger partial charge in [0.05, 0.1) is 29.0 Å². The van der Waals surface area contributed by atoms with Gasteiger partial charge in [-0.05, 0) is 147 Å². The molecule has 2 aliphatic heterocycles. The summed E-state index contributed by atoms with van der Waals surface area (Å²) < 4.78 is 14.9. The predicted molar refractivity (Wildman–Crippen MR) is 374 cm³/mol. The molecular weight excluding hydrogens is 1310 g/mol. The van der Waals surface area contributed by atoms with Gasteiger partial charge in [-0.3, -0.25) is 57.5 Å². The SMILES string of the molecule is CCN(CC)CCNC(=O)c1c(C)[nH]c(/C=C2\C(=O)N(CCC(=O)N[C@H](C(=O)N[C@@H](CCN)C(=O)N[C@H]3CCNC(=O)[C@H]([C@@H](C)O)NC(=O)[C@H](CCN)NC(=O)[C@H](CCN)NC(=O)[C@H](CC(C)C)NC(=O)[C@@H](Cc4ccccc4)NC(=O)[C@H](CCN)NC3=O)[C@H](C)O)c3ccc(F)cc32)c1C.